The molecule has 0 N–H and O–H groups in total. The van der Waals surface area contributed by atoms with Crippen molar-refractivity contribution < 1.29 is 14.0 Å². The van der Waals surface area contributed by atoms with Crippen molar-refractivity contribution in [1.82, 2.24) is 0 Å². The normalized spacial score (nSPS) is 10.2. The maximum absolute atomic E-state index is 10.7. The molecule has 0 aliphatic rings. The average molecular weight is 200 g/mol. The Morgan fingerprint density at radius 1 is 1.62 bits per heavy atom. The molecule has 0 radical (unpaired) electrons. The van der Waals surface area contributed by atoms with E-state index in [0.29, 0.717) is 12.2 Å². The summed E-state index contributed by atoms with van der Waals surface area (Å²) in [6, 6.07) is 0.955. The number of allylic oxidation sites excluding steroid dienone is 1. The lowest BCUT2D eigenvalue weighted by Crippen LogP contribution is -2.02. The molecule has 0 atom stereocenters. The second-order valence-electron chi connectivity index (χ2n) is 2.46. The third-order valence-corrected chi connectivity index (χ3v) is 2.70. The molecule has 13 heavy (non-hydrogen) atoms. The van der Waals surface area contributed by atoms with Gasteiger partial charge in [-0.15, -0.1) is 0 Å². The topological polar surface area (TPSA) is 35.5 Å². The van der Waals surface area contributed by atoms with Gasteiger partial charge in [-0.3, -0.25) is 0 Å². The molecule has 0 aromatic carbocycles. The van der Waals surface area contributed by atoms with E-state index in [0.717, 1.165) is 18.7 Å². The summed E-state index contributed by atoms with van der Waals surface area (Å²) in [5, 5.41) is 0. The molecule has 0 fully saturated rings. The lowest BCUT2D eigenvalue weighted by Gasteiger charge is -2.04. The van der Waals surface area contributed by atoms with Gasteiger partial charge in [-0.1, -0.05) is 13.2 Å². The van der Waals surface area contributed by atoms with Crippen LogP contribution < -0.4 is 0 Å². The number of hydrogen-bond donors (Lipinski definition) is 0. The average Bonchev–Trinajstić information content (AvgIpc) is 2.12. The highest BCUT2D eigenvalue weighted by Gasteiger charge is 2.00. The van der Waals surface area contributed by atoms with Crippen molar-refractivity contribution in [2.24, 2.45) is 0 Å². The number of carbonyl (C=O) groups is 1. The van der Waals surface area contributed by atoms with E-state index in [4.69, 9.17) is 9.16 Å². The van der Waals surface area contributed by atoms with Crippen LogP contribution in [0.4, 0.5) is 0 Å². The SMILES string of the molecule is C=CC(=O)OC(=C)CC[SiH2]OCC. The van der Waals surface area contributed by atoms with E-state index in [1.165, 1.54) is 0 Å². The van der Waals surface area contributed by atoms with Crippen LogP contribution in [0.25, 0.3) is 0 Å². The van der Waals surface area contributed by atoms with Crippen molar-refractivity contribution in [3.8, 4) is 0 Å². The smallest absolute Gasteiger partial charge is 0.335 e. The van der Waals surface area contributed by atoms with E-state index in [9.17, 15) is 4.79 Å². The molecule has 0 rings (SSSR count). The lowest BCUT2D eigenvalue weighted by atomic mass is 10.4. The number of carbonyl (C=O) groups excluding carboxylic acids is 1. The highest BCUT2D eigenvalue weighted by atomic mass is 28.2. The Morgan fingerprint density at radius 2 is 2.31 bits per heavy atom. The van der Waals surface area contributed by atoms with Gasteiger partial charge in [0.2, 0.25) is 0 Å². The molecule has 0 aromatic rings. The molecule has 74 valence electrons. The van der Waals surface area contributed by atoms with Crippen molar-refractivity contribution in [2.45, 2.75) is 19.4 Å². The minimum absolute atomic E-state index is 0.442. The minimum Gasteiger partial charge on any atom is -0.429 e. The van der Waals surface area contributed by atoms with Gasteiger partial charge in [0, 0.05) is 19.1 Å². The Kier molecular flexibility index (Phi) is 7.24. The van der Waals surface area contributed by atoms with Crippen LogP contribution in [0.5, 0.6) is 0 Å². The first-order chi connectivity index (χ1) is 6.20. The molecule has 0 saturated heterocycles. The summed E-state index contributed by atoms with van der Waals surface area (Å²) >= 11 is 0. The molecule has 0 heterocycles. The molecule has 0 amide bonds. The largest absolute Gasteiger partial charge is 0.429 e. The van der Waals surface area contributed by atoms with Crippen LogP contribution in [0.2, 0.25) is 6.04 Å². The molecular weight excluding hydrogens is 184 g/mol. The fourth-order valence-corrected chi connectivity index (χ4v) is 1.78. The highest BCUT2D eigenvalue weighted by molar-refractivity contribution is 6.27. The van der Waals surface area contributed by atoms with E-state index in [1.54, 1.807) is 0 Å². The highest BCUT2D eigenvalue weighted by Crippen LogP contribution is 2.04. The molecule has 0 aliphatic heterocycles. The predicted molar refractivity (Wildman–Crippen MR) is 55.0 cm³/mol. The van der Waals surface area contributed by atoms with Crippen molar-refractivity contribution in [3.05, 3.63) is 25.0 Å². The molecule has 0 unspecified atom stereocenters. The second-order valence-corrected chi connectivity index (χ2v) is 3.99. The van der Waals surface area contributed by atoms with E-state index in [2.05, 4.69) is 13.2 Å². The third kappa shape index (κ3) is 7.49. The molecule has 4 heteroatoms. The van der Waals surface area contributed by atoms with Gasteiger partial charge in [0.05, 0.1) is 0 Å². The Labute approximate surface area is 81.4 Å². The summed E-state index contributed by atoms with van der Waals surface area (Å²) in [6.07, 6.45) is 1.83. The Hall–Kier alpha value is -0.873. The van der Waals surface area contributed by atoms with Gasteiger partial charge in [-0.2, -0.15) is 0 Å². The van der Waals surface area contributed by atoms with Crippen molar-refractivity contribution >= 4 is 15.7 Å². The van der Waals surface area contributed by atoms with Gasteiger partial charge in [0.25, 0.3) is 0 Å². The molecule has 0 saturated carbocycles. The Morgan fingerprint density at radius 3 is 2.85 bits per heavy atom. The zero-order valence-corrected chi connectivity index (χ0v) is 9.46. The number of esters is 1. The van der Waals surface area contributed by atoms with Gasteiger partial charge < -0.3 is 9.16 Å². The van der Waals surface area contributed by atoms with Crippen LogP contribution in [-0.4, -0.2) is 22.3 Å². The lowest BCUT2D eigenvalue weighted by molar-refractivity contribution is -0.133. The van der Waals surface area contributed by atoms with Crippen LogP contribution >= 0.6 is 0 Å². The maximum Gasteiger partial charge on any atom is 0.335 e. The summed E-state index contributed by atoms with van der Waals surface area (Å²) in [6.45, 7) is 9.65. The molecular formula is C9H16O3Si. The molecule has 0 aromatic heterocycles. The van der Waals surface area contributed by atoms with Crippen molar-refractivity contribution in [2.75, 3.05) is 6.61 Å². The van der Waals surface area contributed by atoms with E-state index < -0.39 is 15.7 Å². The first kappa shape index (κ1) is 12.1. The van der Waals surface area contributed by atoms with Crippen LogP contribution in [0.3, 0.4) is 0 Å². The Bertz CT molecular complexity index is 189. The van der Waals surface area contributed by atoms with E-state index in [1.807, 2.05) is 6.92 Å². The van der Waals surface area contributed by atoms with Crippen molar-refractivity contribution in [3.63, 3.8) is 0 Å². The van der Waals surface area contributed by atoms with Crippen LogP contribution in [-0.2, 0) is 14.0 Å². The predicted octanol–water partition coefficient (Wildman–Crippen LogP) is 1.16. The van der Waals surface area contributed by atoms with Gasteiger partial charge in [0.15, 0.2) is 9.76 Å². The van der Waals surface area contributed by atoms with E-state index in [-0.39, 0.29) is 0 Å². The standard InChI is InChI=1S/C9H16O3Si/c1-4-9(10)12-8(3)6-7-13-11-5-2/h4H,1,3,5-7,13H2,2H3. The van der Waals surface area contributed by atoms with Gasteiger partial charge in [-0.05, 0) is 13.0 Å². The second kappa shape index (κ2) is 7.76. The quantitative estimate of drug-likeness (QED) is 0.203. The molecule has 0 spiro atoms. The minimum atomic E-state index is -0.450. The molecule has 0 aliphatic carbocycles. The Balaban J connectivity index is 3.40. The van der Waals surface area contributed by atoms with Gasteiger partial charge in [-0.25, -0.2) is 4.79 Å². The van der Waals surface area contributed by atoms with Crippen molar-refractivity contribution in [1.29, 1.82) is 0 Å². The summed E-state index contributed by atoms with van der Waals surface area (Å²) < 4.78 is 10.0. The summed E-state index contributed by atoms with van der Waals surface area (Å²) in [5.74, 6) is 0.0557. The maximum atomic E-state index is 10.7. The zero-order valence-electron chi connectivity index (χ0n) is 8.04. The van der Waals surface area contributed by atoms with Crippen LogP contribution in [0, 0.1) is 0 Å². The fraction of sp³-hybridized carbons (Fsp3) is 0.444. The monoisotopic (exact) mass is 200 g/mol. The zero-order chi connectivity index (χ0) is 10.1. The first-order valence-electron chi connectivity index (χ1n) is 4.30. The summed E-state index contributed by atoms with van der Waals surface area (Å²) in [4.78, 5) is 10.7. The van der Waals surface area contributed by atoms with E-state index >= 15 is 0 Å². The molecule has 3 nitrogen and oxygen atoms in total. The fourth-order valence-electron chi connectivity index (χ4n) is 0.751. The van der Waals surface area contributed by atoms with Gasteiger partial charge >= 0.3 is 5.97 Å². The summed E-state index contributed by atoms with van der Waals surface area (Å²) in [7, 11) is -0.450. The number of ether oxygens (including phenoxy) is 1. The number of hydrogen-bond acceptors (Lipinski definition) is 3. The third-order valence-electron chi connectivity index (χ3n) is 1.36. The molecule has 0 bridgehead atoms. The number of rotatable bonds is 7. The van der Waals surface area contributed by atoms with Gasteiger partial charge in [0.1, 0.15) is 5.76 Å². The van der Waals surface area contributed by atoms with Crippen LogP contribution in [0.15, 0.2) is 25.0 Å². The first-order valence-corrected chi connectivity index (χ1v) is 5.88. The van der Waals surface area contributed by atoms with Crippen LogP contribution in [0.1, 0.15) is 13.3 Å². The summed E-state index contributed by atoms with van der Waals surface area (Å²) in [5.41, 5.74) is 0.